The van der Waals surface area contributed by atoms with E-state index in [0.717, 1.165) is 42.4 Å². The van der Waals surface area contributed by atoms with Gasteiger partial charge in [-0.1, -0.05) is 45.4 Å². The Morgan fingerprint density at radius 1 is 1.20 bits per heavy atom. The second-order valence-electron chi connectivity index (χ2n) is 5.23. The van der Waals surface area contributed by atoms with Crippen molar-refractivity contribution < 1.29 is 9.90 Å². The molecule has 3 nitrogen and oxygen atoms in total. The third kappa shape index (κ3) is 4.41. The van der Waals surface area contributed by atoms with Crippen LogP contribution in [0.15, 0.2) is 24.3 Å². The molecule has 20 heavy (non-hydrogen) atoms. The minimum atomic E-state index is -0.132. The van der Waals surface area contributed by atoms with Gasteiger partial charge in [0.25, 0.3) is 0 Å². The van der Waals surface area contributed by atoms with Crippen LogP contribution in [-0.2, 0) is 24.2 Å². The van der Waals surface area contributed by atoms with Gasteiger partial charge in [-0.15, -0.1) is 0 Å². The SMILES string of the molecule is C=C(C)C(=O)NCc1cc(CCC)c(O)c(CCC)c1. The van der Waals surface area contributed by atoms with E-state index in [1.165, 1.54) is 0 Å². The van der Waals surface area contributed by atoms with Crippen molar-refractivity contribution in [1.29, 1.82) is 0 Å². The molecule has 0 saturated heterocycles. The van der Waals surface area contributed by atoms with E-state index in [-0.39, 0.29) is 5.91 Å². The van der Waals surface area contributed by atoms with Crippen molar-refractivity contribution >= 4 is 5.91 Å². The molecule has 1 amide bonds. The van der Waals surface area contributed by atoms with Gasteiger partial charge in [0.15, 0.2) is 0 Å². The molecule has 1 rings (SSSR count). The highest BCUT2D eigenvalue weighted by Crippen LogP contribution is 2.27. The number of carbonyl (C=O) groups excluding carboxylic acids is 1. The zero-order valence-corrected chi connectivity index (χ0v) is 12.8. The number of aromatic hydroxyl groups is 1. The number of phenolic OH excluding ortho intramolecular Hbond substituents is 1. The lowest BCUT2D eigenvalue weighted by Gasteiger charge is -2.13. The van der Waals surface area contributed by atoms with Gasteiger partial charge in [0, 0.05) is 12.1 Å². The van der Waals surface area contributed by atoms with Crippen molar-refractivity contribution in [2.24, 2.45) is 0 Å². The first-order valence-electron chi connectivity index (χ1n) is 7.26. The molecule has 0 saturated carbocycles. The first-order valence-corrected chi connectivity index (χ1v) is 7.26. The van der Waals surface area contributed by atoms with E-state index in [1.807, 2.05) is 12.1 Å². The molecule has 0 heterocycles. The zero-order valence-electron chi connectivity index (χ0n) is 12.8. The zero-order chi connectivity index (χ0) is 15.1. The molecule has 0 atom stereocenters. The first kappa shape index (κ1) is 16.3. The molecule has 0 radical (unpaired) electrons. The van der Waals surface area contributed by atoms with Crippen LogP contribution in [-0.4, -0.2) is 11.0 Å². The highest BCUT2D eigenvalue weighted by Gasteiger charge is 2.10. The molecule has 110 valence electrons. The Morgan fingerprint density at radius 2 is 1.70 bits per heavy atom. The van der Waals surface area contributed by atoms with Crippen LogP contribution in [0.3, 0.4) is 0 Å². The number of rotatable bonds is 7. The topological polar surface area (TPSA) is 49.3 Å². The molecule has 0 aliphatic carbocycles. The second-order valence-corrected chi connectivity index (χ2v) is 5.23. The van der Waals surface area contributed by atoms with Crippen molar-refractivity contribution in [2.75, 3.05) is 0 Å². The Morgan fingerprint density at radius 3 is 2.10 bits per heavy atom. The summed E-state index contributed by atoms with van der Waals surface area (Å²) in [6.45, 7) is 9.97. The predicted molar refractivity (Wildman–Crippen MR) is 82.8 cm³/mol. The quantitative estimate of drug-likeness (QED) is 0.748. The van der Waals surface area contributed by atoms with Crippen LogP contribution in [0.4, 0.5) is 0 Å². The Kier molecular flexibility index (Phi) is 6.29. The molecule has 0 spiro atoms. The number of phenols is 1. The Labute approximate surface area is 121 Å². The number of amides is 1. The Bertz CT molecular complexity index is 465. The highest BCUT2D eigenvalue weighted by molar-refractivity contribution is 5.92. The van der Waals surface area contributed by atoms with Crippen LogP contribution in [0.2, 0.25) is 0 Å². The van der Waals surface area contributed by atoms with Crippen molar-refractivity contribution in [2.45, 2.75) is 53.0 Å². The van der Waals surface area contributed by atoms with E-state index < -0.39 is 0 Å². The molecule has 1 aromatic carbocycles. The van der Waals surface area contributed by atoms with Gasteiger partial charge < -0.3 is 10.4 Å². The van der Waals surface area contributed by atoms with E-state index in [2.05, 4.69) is 25.7 Å². The van der Waals surface area contributed by atoms with Gasteiger partial charge >= 0.3 is 0 Å². The van der Waals surface area contributed by atoms with Gasteiger partial charge in [-0.2, -0.15) is 0 Å². The molecule has 0 aliphatic rings. The third-order valence-corrected chi connectivity index (χ3v) is 3.21. The number of hydrogen-bond acceptors (Lipinski definition) is 2. The van der Waals surface area contributed by atoms with E-state index in [4.69, 9.17) is 0 Å². The summed E-state index contributed by atoms with van der Waals surface area (Å²) >= 11 is 0. The largest absolute Gasteiger partial charge is 0.507 e. The lowest BCUT2D eigenvalue weighted by molar-refractivity contribution is -0.117. The van der Waals surface area contributed by atoms with Crippen molar-refractivity contribution in [3.8, 4) is 5.75 Å². The average Bonchev–Trinajstić information content (AvgIpc) is 2.41. The molecular weight excluding hydrogens is 250 g/mol. The monoisotopic (exact) mass is 275 g/mol. The average molecular weight is 275 g/mol. The van der Waals surface area contributed by atoms with Crippen molar-refractivity contribution in [1.82, 2.24) is 5.32 Å². The van der Waals surface area contributed by atoms with Crippen LogP contribution in [0, 0.1) is 0 Å². The summed E-state index contributed by atoms with van der Waals surface area (Å²) in [5.41, 5.74) is 3.48. The summed E-state index contributed by atoms with van der Waals surface area (Å²) in [5, 5.41) is 13.1. The smallest absolute Gasteiger partial charge is 0.246 e. The van der Waals surface area contributed by atoms with E-state index in [1.54, 1.807) is 6.92 Å². The van der Waals surface area contributed by atoms with Crippen molar-refractivity contribution in [3.63, 3.8) is 0 Å². The van der Waals surface area contributed by atoms with Crippen molar-refractivity contribution in [3.05, 3.63) is 41.0 Å². The summed E-state index contributed by atoms with van der Waals surface area (Å²) in [6.07, 6.45) is 3.68. The molecule has 0 aromatic heterocycles. The standard InChI is InChI=1S/C17H25NO2/c1-5-7-14-9-13(11-18-17(20)12(3)4)10-15(8-6-2)16(14)19/h9-10,19H,3,5-8,11H2,1-2,4H3,(H,18,20). The van der Waals surface area contributed by atoms with Crippen LogP contribution in [0.25, 0.3) is 0 Å². The number of benzene rings is 1. The maximum absolute atomic E-state index is 11.5. The number of nitrogens with one attached hydrogen (secondary N) is 1. The minimum absolute atomic E-state index is 0.132. The molecule has 0 fully saturated rings. The summed E-state index contributed by atoms with van der Waals surface area (Å²) in [6, 6.07) is 3.97. The Balaban J connectivity index is 2.95. The van der Waals surface area contributed by atoms with E-state index >= 15 is 0 Å². The van der Waals surface area contributed by atoms with Crippen LogP contribution < -0.4 is 5.32 Å². The molecule has 2 N–H and O–H groups in total. The molecule has 1 aromatic rings. The van der Waals surface area contributed by atoms with Gasteiger partial charge in [-0.3, -0.25) is 4.79 Å². The highest BCUT2D eigenvalue weighted by atomic mass is 16.3. The maximum Gasteiger partial charge on any atom is 0.246 e. The molecule has 0 aliphatic heterocycles. The molecular formula is C17H25NO2. The molecule has 0 bridgehead atoms. The normalized spacial score (nSPS) is 10.3. The summed E-state index contributed by atoms with van der Waals surface area (Å²) in [4.78, 5) is 11.5. The number of hydrogen-bond donors (Lipinski definition) is 2. The minimum Gasteiger partial charge on any atom is -0.507 e. The lowest BCUT2D eigenvalue weighted by atomic mass is 9.98. The lowest BCUT2D eigenvalue weighted by Crippen LogP contribution is -2.23. The fourth-order valence-electron chi connectivity index (χ4n) is 2.19. The van der Waals surface area contributed by atoms with Crippen LogP contribution in [0.5, 0.6) is 5.75 Å². The summed E-state index contributed by atoms with van der Waals surface area (Å²) < 4.78 is 0. The summed E-state index contributed by atoms with van der Waals surface area (Å²) in [5.74, 6) is 0.288. The third-order valence-electron chi connectivity index (χ3n) is 3.21. The maximum atomic E-state index is 11.5. The van der Waals surface area contributed by atoms with Gasteiger partial charge in [0.05, 0.1) is 0 Å². The predicted octanol–water partition coefficient (Wildman–Crippen LogP) is 3.49. The molecule has 0 unspecified atom stereocenters. The first-order chi connectivity index (χ1) is 9.49. The fraction of sp³-hybridized carbons (Fsp3) is 0.471. The van der Waals surface area contributed by atoms with Gasteiger partial charge in [0.2, 0.25) is 5.91 Å². The summed E-state index contributed by atoms with van der Waals surface area (Å²) in [7, 11) is 0. The molecule has 3 heteroatoms. The second kappa shape index (κ2) is 7.73. The van der Waals surface area contributed by atoms with Gasteiger partial charge in [-0.05, 0) is 36.5 Å². The van der Waals surface area contributed by atoms with Crippen LogP contribution in [0.1, 0.15) is 50.3 Å². The van der Waals surface area contributed by atoms with Gasteiger partial charge in [0.1, 0.15) is 5.75 Å². The van der Waals surface area contributed by atoms with E-state index in [9.17, 15) is 9.90 Å². The Hall–Kier alpha value is -1.77. The van der Waals surface area contributed by atoms with Crippen LogP contribution >= 0.6 is 0 Å². The van der Waals surface area contributed by atoms with E-state index in [0.29, 0.717) is 17.9 Å². The number of carbonyl (C=O) groups is 1. The van der Waals surface area contributed by atoms with Gasteiger partial charge in [-0.25, -0.2) is 0 Å². The number of aryl methyl sites for hydroxylation is 2. The fourth-order valence-corrected chi connectivity index (χ4v) is 2.19.